The molecule has 1 N–H and O–H groups in total. The monoisotopic (exact) mass is 454 g/mol. The van der Waals surface area contributed by atoms with E-state index in [1.165, 1.54) is 12.1 Å². The summed E-state index contributed by atoms with van der Waals surface area (Å²) in [6, 6.07) is 13.7. The topological polar surface area (TPSA) is 118 Å². The summed E-state index contributed by atoms with van der Waals surface area (Å²) in [7, 11) is 2.10. The molecule has 0 saturated carbocycles. The molecule has 166 valence electrons. The average Bonchev–Trinajstić information content (AvgIpc) is 3.28. The lowest BCUT2D eigenvalue weighted by Gasteiger charge is -2.35. The summed E-state index contributed by atoms with van der Waals surface area (Å²) in [6.45, 7) is 3.76. The molecule has 32 heavy (non-hydrogen) atoms. The maximum atomic E-state index is 12.5. The number of thioether (sulfide) groups is 1. The van der Waals surface area contributed by atoms with Gasteiger partial charge >= 0.3 is 0 Å². The van der Waals surface area contributed by atoms with Crippen molar-refractivity contribution in [1.29, 1.82) is 0 Å². The predicted molar refractivity (Wildman–Crippen MR) is 122 cm³/mol. The van der Waals surface area contributed by atoms with Gasteiger partial charge in [-0.25, -0.2) is 0 Å². The van der Waals surface area contributed by atoms with E-state index in [1.807, 2.05) is 24.3 Å². The van der Waals surface area contributed by atoms with Crippen molar-refractivity contribution in [3.8, 4) is 11.5 Å². The van der Waals surface area contributed by atoms with Crippen LogP contribution in [0.15, 0.2) is 58.2 Å². The average molecular weight is 455 g/mol. The van der Waals surface area contributed by atoms with E-state index in [0.29, 0.717) is 5.56 Å². The van der Waals surface area contributed by atoms with Crippen molar-refractivity contribution in [2.24, 2.45) is 0 Å². The lowest BCUT2D eigenvalue weighted by Crippen LogP contribution is -2.44. The minimum Gasteiger partial charge on any atom is -0.411 e. The highest BCUT2D eigenvalue weighted by Crippen LogP contribution is 2.28. The van der Waals surface area contributed by atoms with Gasteiger partial charge in [0, 0.05) is 43.9 Å². The highest BCUT2D eigenvalue weighted by molar-refractivity contribution is 7.99. The van der Waals surface area contributed by atoms with Gasteiger partial charge in [0.25, 0.3) is 10.9 Å². The fourth-order valence-electron chi connectivity index (χ4n) is 3.35. The van der Waals surface area contributed by atoms with E-state index in [9.17, 15) is 14.9 Å². The van der Waals surface area contributed by atoms with Gasteiger partial charge in [-0.1, -0.05) is 30.0 Å². The Hall–Kier alpha value is -3.44. The number of carbonyl (C=O) groups excluding carboxylic acids is 1. The Labute approximate surface area is 188 Å². The fourth-order valence-corrected chi connectivity index (χ4v) is 3.92. The second-order valence-electron chi connectivity index (χ2n) is 7.32. The number of piperazine rings is 1. The lowest BCUT2D eigenvalue weighted by atomic mass is 10.2. The third-order valence-electron chi connectivity index (χ3n) is 5.06. The van der Waals surface area contributed by atoms with Crippen LogP contribution in [0.5, 0.6) is 0 Å². The zero-order valence-corrected chi connectivity index (χ0v) is 18.2. The van der Waals surface area contributed by atoms with E-state index in [0.717, 1.165) is 49.3 Å². The van der Waals surface area contributed by atoms with Crippen LogP contribution in [0.25, 0.3) is 11.5 Å². The molecular formula is C21H22N6O4S. The van der Waals surface area contributed by atoms with Crippen LogP contribution in [0.3, 0.4) is 0 Å². The van der Waals surface area contributed by atoms with Gasteiger partial charge in [0.05, 0.1) is 22.1 Å². The van der Waals surface area contributed by atoms with Crippen molar-refractivity contribution in [3.63, 3.8) is 0 Å². The highest BCUT2D eigenvalue weighted by Gasteiger charge is 2.18. The second kappa shape index (κ2) is 9.79. The molecule has 10 nitrogen and oxygen atoms in total. The zero-order valence-electron chi connectivity index (χ0n) is 17.4. The number of benzene rings is 2. The Kier molecular flexibility index (Phi) is 6.66. The molecule has 1 aliphatic heterocycles. The lowest BCUT2D eigenvalue weighted by molar-refractivity contribution is -0.384. The van der Waals surface area contributed by atoms with E-state index >= 15 is 0 Å². The van der Waals surface area contributed by atoms with Gasteiger partial charge in [0.15, 0.2) is 0 Å². The van der Waals surface area contributed by atoms with Crippen LogP contribution < -0.4 is 10.2 Å². The number of anilines is 2. The first-order valence-corrected chi connectivity index (χ1v) is 11.0. The van der Waals surface area contributed by atoms with E-state index in [4.69, 9.17) is 4.42 Å². The van der Waals surface area contributed by atoms with E-state index in [1.54, 1.807) is 12.1 Å². The summed E-state index contributed by atoms with van der Waals surface area (Å²) < 4.78 is 5.56. The van der Waals surface area contributed by atoms with Crippen LogP contribution in [0, 0.1) is 10.1 Å². The normalized spacial score (nSPS) is 14.3. The number of carbonyl (C=O) groups is 1. The number of nitro benzene ring substituents is 1. The maximum absolute atomic E-state index is 12.5. The van der Waals surface area contributed by atoms with Crippen molar-refractivity contribution < 1.29 is 14.1 Å². The summed E-state index contributed by atoms with van der Waals surface area (Å²) in [4.78, 5) is 27.5. The van der Waals surface area contributed by atoms with Gasteiger partial charge in [0.2, 0.25) is 11.8 Å². The molecule has 0 radical (unpaired) electrons. The summed E-state index contributed by atoms with van der Waals surface area (Å²) in [5, 5.41) is 22.0. The summed E-state index contributed by atoms with van der Waals surface area (Å²) in [5.41, 5.74) is 2.16. The van der Waals surface area contributed by atoms with Gasteiger partial charge in [-0.2, -0.15) is 0 Å². The second-order valence-corrected chi connectivity index (χ2v) is 8.25. The highest BCUT2D eigenvalue weighted by atomic mass is 32.2. The van der Waals surface area contributed by atoms with Crippen LogP contribution in [-0.2, 0) is 4.79 Å². The number of likely N-dealkylation sites (N-methyl/N-ethyl adjacent to an activating group) is 1. The number of nitrogens with zero attached hydrogens (tertiary/aromatic N) is 5. The van der Waals surface area contributed by atoms with Crippen LogP contribution in [-0.4, -0.2) is 64.9 Å². The number of amides is 1. The molecule has 1 saturated heterocycles. The molecule has 2 heterocycles. The van der Waals surface area contributed by atoms with Crippen molar-refractivity contribution in [3.05, 3.63) is 58.6 Å². The SMILES string of the molecule is CN1CCN(c2ccccc2NC(=O)CSc2nnc(-c3cccc([N+](=O)[O-])c3)o2)CC1. The number of aromatic nitrogens is 2. The quantitative estimate of drug-likeness (QED) is 0.326. The number of para-hydroxylation sites is 2. The standard InChI is InChI=1S/C21H22N6O4S/c1-25-9-11-26(12-10-25)18-8-3-2-7-17(18)22-19(28)14-32-21-24-23-20(31-21)15-5-4-6-16(13-15)27(29)30/h2-8,13H,9-12,14H2,1H3,(H,22,28). The number of hydrogen-bond acceptors (Lipinski definition) is 9. The number of non-ortho nitro benzene ring substituents is 1. The summed E-state index contributed by atoms with van der Waals surface area (Å²) >= 11 is 1.11. The molecule has 0 spiro atoms. The summed E-state index contributed by atoms with van der Waals surface area (Å²) in [5.74, 6) is 0.0666. The van der Waals surface area contributed by atoms with Crippen LogP contribution in [0.1, 0.15) is 0 Å². The number of nitrogens with one attached hydrogen (secondary N) is 1. The Morgan fingerprint density at radius 1 is 1.16 bits per heavy atom. The molecule has 0 unspecified atom stereocenters. The molecule has 4 rings (SSSR count). The van der Waals surface area contributed by atoms with Crippen molar-refractivity contribution >= 4 is 34.7 Å². The van der Waals surface area contributed by atoms with Crippen molar-refractivity contribution in [2.75, 3.05) is 49.2 Å². The minimum atomic E-state index is -0.486. The van der Waals surface area contributed by atoms with Crippen molar-refractivity contribution in [1.82, 2.24) is 15.1 Å². The number of rotatable bonds is 7. The first-order chi connectivity index (χ1) is 15.5. The van der Waals surface area contributed by atoms with E-state index < -0.39 is 4.92 Å². The smallest absolute Gasteiger partial charge is 0.277 e. The Balaban J connectivity index is 1.36. The minimum absolute atomic E-state index is 0.0618. The molecular weight excluding hydrogens is 432 g/mol. The van der Waals surface area contributed by atoms with E-state index in [-0.39, 0.29) is 28.5 Å². The third-order valence-corrected chi connectivity index (χ3v) is 5.88. The van der Waals surface area contributed by atoms with Crippen LogP contribution in [0.2, 0.25) is 0 Å². The molecule has 1 fully saturated rings. The van der Waals surface area contributed by atoms with Gasteiger partial charge in [-0.05, 0) is 25.2 Å². The van der Waals surface area contributed by atoms with E-state index in [2.05, 4.69) is 32.4 Å². The molecule has 1 aliphatic rings. The molecule has 11 heteroatoms. The molecule has 0 atom stereocenters. The third kappa shape index (κ3) is 5.24. The Morgan fingerprint density at radius 2 is 1.94 bits per heavy atom. The number of hydrogen-bond donors (Lipinski definition) is 1. The molecule has 0 bridgehead atoms. The van der Waals surface area contributed by atoms with Crippen molar-refractivity contribution in [2.45, 2.75) is 5.22 Å². The van der Waals surface area contributed by atoms with Gasteiger partial charge in [0.1, 0.15) is 0 Å². The zero-order chi connectivity index (χ0) is 22.5. The fraction of sp³-hybridized carbons (Fsp3) is 0.286. The molecule has 1 aromatic heterocycles. The molecule has 1 amide bonds. The number of nitro groups is 1. The van der Waals surface area contributed by atoms with Gasteiger partial charge in [-0.15, -0.1) is 10.2 Å². The van der Waals surface area contributed by atoms with Gasteiger partial charge < -0.3 is 19.5 Å². The van der Waals surface area contributed by atoms with Crippen LogP contribution in [0.4, 0.5) is 17.1 Å². The Bertz CT molecular complexity index is 1110. The largest absolute Gasteiger partial charge is 0.411 e. The first kappa shape index (κ1) is 21.8. The molecule has 2 aromatic carbocycles. The predicted octanol–water partition coefficient (Wildman–Crippen LogP) is 3.13. The van der Waals surface area contributed by atoms with Gasteiger partial charge in [-0.3, -0.25) is 14.9 Å². The Morgan fingerprint density at radius 3 is 2.72 bits per heavy atom. The molecule has 0 aliphatic carbocycles. The summed E-state index contributed by atoms with van der Waals surface area (Å²) in [6.07, 6.45) is 0. The first-order valence-electron chi connectivity index (χ1n) is 10.0. The van der Waals surface area contributed by atoms with Crippen LogP contribution >= 0.6 is 11.8 Å². The maximum Gasteiger partial charge on any atom is 0.277 e. The molecule has 3 aromatic rings.